The molecule has 0 radical (unpaired) electrons. The van der Waals surface area contributed by atoms with Gasteiger partial charge in [-0.1, -0.05) is 36.0 Å². The number of para-hydroxylation sites is 2. The van der Waals surface area contributed by atoms with Crippen LogP contribution in [0.4, 0.5) is 0 Å². The van der Waals surface area contributed by atoms with Crippen molar-refractivity contribution in [2.45, 2.75) is 15.8 Å². The summed E-state index contributed by atoms with van der Waals surface area (Å²) in [6.45, 7) is 1.57. The van der Waals surface area contributed by atoms with Gasteiger partial charge in [0.05, 0.1) is 25.2 Å². The van der Waals surface area contributed by atoms with E-state index in [2.05, 4.69) is 15.5 Å². The highest BCUT2D eigenvalue weighted by atomic mass is 32.2. The number of nitrogens with zero attached hydrogens (tertiary/aromatic N) is 5. The normalized spacial score (nSPS) is 15.2. The molecule has 1 aromatic heterocycles. The number of morpholine rings is 1. The minimum absolute atomic E-state index is 0.284. The highest BCUT2D eigenvalue weighted by Gasteiger charge is 2.26. The van der Waals surface area contributed by atoms with Gasteiger partial charge in [-0.15, -0.1) is 5.10 Å². The molecular formula is C19H21N5O4S2. The summed E-state index contributed by atoms with van der Waals surface area (Å²) in [5, 5.41) is 12.5. The van der Waals surface area contributed by atoms with Gasteiger partial charge in [-0.2, -0.15) is 8.99 Å². The van der Waals surface area contributed by atoms with Crippen LogP contribution < -0.4 is 4.74 Å². The number of rotatable bonds is 7. The van der Waals surface area contributed by atoms with E-state index in [0.717, 1.165) is 11.3 Å². The second-order valence-corrected chi connectivity index (χ2v) is 9.38. The maximum absolute atomic E-state index is 12.9. The lowest BCUT2D eigenvalue weighted by Gasteiger charge is -2.26. The van der Waals surface area contributed by atoms with Gasteiger partial charge in [0.1, 0.15) is 11.4 Å². The zero-order valence-corrected chi connectivity index (χ0v) is 18.0. The number of ether oxygens (including phenoxy) is 2. The van der Waals surface area contributed by atoms with Crippen LogP contribution in [0.3, 0.4) is 0 Å². The van der Waals surface area contributed by atoms with Gasteiger partial charge in [0, 0.05) is 18.8 Å². The van der Waals surface area contributed by atoms with Crippen molar-refractivity contribution in [3.63, 3.8) is 0 Å². The third-order valence-electron chi connectivity index (χ3n) is 4.63. The molecule has 1 aliphatic rings. The SMILES string of the molecule is COc1ccccc1-n1nnnc1SCc1cccc(S(=O)(=O)N2CCOCC2)c1. The third kappa shape index (κ3) is 4.33. The number of sulfonamides is 1. The van der Waals surface area contributed by atoms with E-state index in [9.17, 15) is 8.42 Å². The average molecular weight is 448 g/mol. The van der Waals surface area contributed by atoms with Gasteiger partial charge in [0.15, 0.2) is 0 Å². The van der Waals surface area contributed by atoms with Crippen molar-refractivity contribution >= 4 is 21.8 Å². The molecule has 0 amide bonds. The van der Waals surface area contributed by atoms with Crippen LogP contribution in [0.5, 0.6) is 5.75 Å². The van der Waals surface area contributed by atoms with E-state index >= 15 is 0 Å². The largest absolute Gasteiger partial charge is 0.494 e. The molecule has 0 saturated carbocycles. The lowest BCUT2D eigenvalue weighted by Crippen LogP contribution is -2.40. The Bertz CT molecular complexity index is 1110. The van der Waals surface area contributed by atoms with Crippen molar-refractivity contribution < 1.29 is 17.9 Å². The fourth-order valence-corrected chi connectivity index (χ4v) is 5.41. The Balaban J connectivity index is 1.52. The number of thioether (sulfide) groups is 1. The minimum atomic E-state index is -3.53. The van der Waals surface area contributed by atoms with Gasteiger partial charge in [-0.05, 0) is 40.3 Å². The summed E-state index contributed by atoms with van der Waals surface area (Å²) < 4.78 is 39.5. The molecule has 11 heteroatoms. The third-order valence-corrected chi connectivity index (χ3v) is 7.51. The molecule has 0 unspecified atom stereocenters. The van der Waals surface area contributed by atoms with Crippen LogP contribution in [0.25, 0.3) is 5.69 Å². The smallest absolute Gasteiger partial charge is 0.243 e. The molecule has 3 aromatic rings. The molecule has 9 nitrogen and oxygen atoms in total. The molecule has 0 bridgehead atoms. The molecule has 0 N–H and O–H groups in total. The molecule has 158 valence electrons. The second kappa shape index (κ2) is 9.13. The van der Waals surface area contributed by atoms with Crippen molar-refractivity contribution in [3.05, 3.63) is 54.1 Å². The zero-order valence-electron chi connectivity index (χ0n) is 16.3. The number of benzene rings is 2. The van der Waals surface area contributed by atoms with Gasteiger partial charge in [-0.25, -0.2) is 8.42 Å². The fourth-order valence-electron chi connectivity index (χ4n) is 3.10. The molecule has 1 fully saturated rings. The minimum Gasteiger partial charge on any atom is -0.494 e. The highest BCUT2D eigenvalue weighted by Crippen LogP contribution is 2.28. The Morgan fingerprint density at radius 3 is 2.73 bits per heavy atom. The van der Waals surface area contributed by atoms with Gasteiger partial charge in [0.2, 0.25) is 15.2 Å². The van der Waals surface area contributed by atoms with Crippen LogP contribution in [-0.4, -0.2) is 66.3 Å². The van der Waals surface area contributed by atoms with E-state index in [0.29, 0.717) is 43.0 Å². The van der Waals surface area contributed by atoms with Crippen LogP contribution in [-0.2, 0) is 20.5 Å². The number of tetrazole rings is 1. The molecule has 1 aliphatic heterocycles. The Hall–Kier alpha value is -2.47. The molecular weight excluding hydrogens is 426 g/mol. The van der Waals surface area contributed by atoms with Gasteiger partial charge >= 0.3 is 0 Å². The summed E-state index contributed by atoms with van der Waals surface area (Å²) in [6.07, 6.45) is 0. The Kier molecular flexibility index (Phi) is 6.32. The van der Waals surface area contributed by atoms with Crippen molar-refractivity contribution in [3.8, 4) is 11.4 Å². The van der Waals surface area contributed by atoms with E-state index in [4.69, 9.17) is 9.47 Å². The zero-order chi connectivity index (χ0) is 21.0. The standard InChI is InChI=1S/C19H21N5O4S2/c1-27-18-8-3-2-7-17(18)24-19(20-21-22-24)29-14-15-5-4-6-16(13-15)30(25,26)23-9-11-28-12-10-23/h2-8,13H,9-12,14H2,1H3. The molecule has 1 saturated heterocycles. The number of methoxy groups -OCH3 is 1. The monoisotopic (exact) mass is 447 g/mol. The van der Waals surface area contributed by atoms with Crippen molar-refractivity contribution in [1.29, 1.82) is 0 Å². The van der Waals surface area contributed by atoms with Crippen molar-refractivity contribution in [2.75, 3.05) is 33.4 Å². The Morgan fingerprint density at radius 2 is 1.93 bits per heavy atom. The molecule has 0 aliphatic carbocycles. The maximum atomic E-state index is 12.9. The number of hydrogen-bond acceptors (Lipinski definition) is 8. The van der Waals surface area contributed by atoms with E-state index in [-0.39, 0.29) is 4.90 Å². The summed E-state index contributed by atoms with van der Waals surface area (Å²) in [4.78, 5) is 0.284. The summed E-state index contributed by atoms with van der Waals surface area (Å²) in [5.41, 5.74) is 1.60. The van der Waals surface area contributed by atoms with Crippen LogP contribution in [0.2, 0.25) is 0 Å². The van der Waals surface area contributed by atoms with Crippen LogP contribution in [0, 0.1) is 0 Å². The number of hydrogen-bond donors (Lipinski definition) is 0. The second-order valence-electron chi connectivity index (χ2n) is 6.50. The van der Waals surface area contributed by atoms with E-state index in [1.165, 1.54) is 16.1 Å². The molecule has 2 heterocycles. The van der Waals surface area contributed by atoms with E-state index in [1.54, 1.807) is 30.0 Å². The van der Waals surface area contributed by atoms with Crippen molar-refractivity contribution in [2.24, 2.45) is 0 Å². The summed E-state index contributed by atoms with van der Waals surface area (Å²) >= 11 is 1.42. The lowest BCUT2D eigenvalue weighted by atomic mass is 10.2. The summed E-state index contributed by atoms with van der Waals surface area (Å²) in [5.74, 6) is 1.17. The Labute approximate surface area is 179 Å². The first-order chi connectivity index (χ1) is 14.6. The molecule has 0 spiro atoms. The van der Waals surface area contributed by atoms with Crippen LogP contribution >= 0.6 is 11.8 Å². The van der Waals surface area contributed by atoms with Gasteiger partial charge in [0.25, 0.3) is 0 Å². The first kappa shape index (κ1) is 20.8. The van der Waals surface area contributed by atoms with Crippen LogP contribution in [0.15, 0.2) is 58.6 Å². The topological polar surface area (TPSA) is 99.4 Å². The average Bonchev–Trinajstić information content (AvgIpc) is 3.27. The number of aromatic nitrogens is 4. The fraction of sp³-hybridized carbons (Fsp3) is 0.316. The van der Waals surface area contributed by atoms with Crippen molar-refractivity contribution in [1.82, 2.24) is 24.5 Å². The predicted molar refractivity (Wildman–Crippen MR) is 111 cm³/mol. The first-order valence-corrected chi connectivity index (χ1v) is 11.7. The van der Waals surface area contributed by atoms with Gasteiger partial charge < -0.3 is 9.47 Å². The predicted octanol–water partition coefficient (Wildman–Crippen LogP) is 1.98. The quantitative estimate of drug-likeness (QED) is 0.507. The van der Waals surface area contributed by atoms with Gasteiger partial charge in [-0.3, -0.25) is 0 Å². The summed E-state index contributed by atoms with van der Waals surface area (Å²) in [7, 11) is -1.94. The van der Waals surface area contributed by atoms with E-state index in [1.807, 2.05) is 30.3 Å². The molecule has 4 rings (SSSR count). The molecule has 2 aromatic carbocycles. The Morgan fingerprint density at radius 1 is 1.13 bits per heavy atom. The first-order valence-electron chi connectivity index (χ1n) is 9.31. The summed E-state index contributed by atoms with van der Waals surface area (Å²) in [6, 6.07) is 14.4. The molecule has 0 atom stereocenters. The maximum Gasteiger partial charge on any atom is 0.243 e. The lowest BCUT2D eigenvalue weighted by molar-refractivity contribution is 0.0730. The highest BCUT2D eigenvalue weighted by molar-refractivity contribution is 7.98. The molecule has 30 heavy (non-hydrogen) atoms. The van der Waals surface area contributed by atoms with E-state index < -0.39 is 10.0 Å². The van der Waals surface area contributed by atoms with Crippen LogP contribution in [0.1, 0.15) is 5.56 Å².